The monoisotopic (exact) mass is 301 g/mol. The summed E-state index contributed by atoms with van der Waals surface area (Å²) in [6, 6.07) is 10.8. The molecule has 0 atom stereocenters. The second-order valence-electron chi connectivity index (χ2n) is 4.49. The standard InChI is InChI=1S/C16H19N3O3/c1-21-14-3-2-4-15(11-14)22-10-9-18-16(20)19-12-13-5-7-17-8-6-13/h2-8,11H,9-10,12H2,1H3,(H2,18,19,20). The average molecular weight is 301 g/mol. The second-order valence-corrected chi connectivity index (χ2v) is 4.49. The summed E-state index contributed by atoms with van der Waals surface area (Å²) in [7, 11) is 1.60. The Hall–Kier alpha value is -2.76. The number of urea groups is 1. The van der Waals surface area contributed by atoms with Crippen LogP contribution in [0.2, 0.25) is 0 Å². The molecule has 1 aromatic heterocycles. The predicted octanol–water partition coefficient (Wildman–Crippen LogP) is 1.97. The molecule has 2 rings (SSSR count). The first-order chi connectivity index (χ1) is 10.8. The number of nitrogens with one attached hydrogen (secondary N) is 2. The number of amides is 2. The molecule has 0 bridgehead atoms. The number of hydrogen-bond acceptors (Lipinski definition) is 4. The molecule has 2 N–H and O–H groups in total. The number of hydrogen-bond donors (Lipinski definition) is 2. The molecular weight excluding hydrogens is 282 g/mol. The van der Waals surface area contributed by atoms with Crippen molar-refractivity contribution in [2.24, 2.45) is 0 Å². The first-order valence-electron chi connectivity index (χ1n) is 6.95. The van der Waals surface area contributed by atoms with Gasteiger partial charge in [-0.25, -0.2) is 4.79 Å². The number of methoxy groups -OCH3 is 1. The lowest BCUT2D eigenvalue weighted by Gasteiger charge is -2.09. The Morgan fingerprint density at radius 1 is 1.14 bits per heavy atom. The van der Waals surface area contributed by atoms with Crippen LogP contribution in [0.5, 0.6) is 11.5 Å². The van der Waals surface area contributed by atoms with E-state index in [2.05, 4.69) is 15.6 Å². The predicted molar refractivity (Wildman–Crippen MR) is 83.0 cm³/mol. The SMILES string of the molecule is COc1cccc(OCCNC(=O)NCc2ccncc2)c1. The molecule has 6 heteroatoms. The number of benzene rings is 1. The molecular formula is C16H19N3O3. The minimum atomic E-state index is -0.231. The molecule has 0 fully saturated rings. The molecule has 2 amide bonds. The van der Waals surface area contributed by atoms with Crippen molar-refractivity contribution in [3.05, 3.63) is 54.4 Å². The van der Waals surface area contributed by atoms with Crippen LogP contribution < -0.4 is 20.1 Å². The van der Waals surface area contributed by atoms with Gasteiger partial charge in [-0.05, 0) is 29.8 Å². The lowest BCUT2D eigenvalue weighted by atomic mass is 10.3. The van der Waals surface area contributed by atoms with Gasteiger partial charge in [0, 0.05) is 25.0 Å². The van der Waals surface area contributed by atoms with Crippen LogP contribution in [0.1, 0.15) is 5.56 Å². The lowest BCUT2D eigenvalue weighted by molar-refractivity contribution is 0.236. The van der Waals surface area contributed by atoms with E-state index in [1.165, 1.54) is 0 Å². The van der Waals surface area contributed by atoms with Crippen molar-refractivity contribution in [1.29, 1.82) is 0 Å². The Morgan fingerprint density at radius 3 is 2.68 bits per heavy atom. The van der Waals surface area contributed by atoms with Crippen molar-refractivity contribution in [2.75, 3.05) is 20.3 Å². The van der Waals surface area contributed by atoms with Crippen LogP contribution >= 0.6 is 0 Å². The maximum atomic E-state index is 11.6. The fourth-order valence-corrected chi connectivity index (χ4v) is 1.77. The van der Waals surface area contributed by atoms with Gasteiger partial charge >= 0.3 is 6.03 Å². The average Bonchev–Trinajstić information content (AvgIpc) is 2.58. The van der Waals surface area contributed by atoms with Crippen molar-refractivity contribution in [2.45, 2.75) is 6.54 Å². The Kier molecular flexibility index (Phi) is 6.04. The van der Waals surface area contributed by atoms with Gasteiger partial charge in [-0.15, -0.1) is 0 Å². The topological polar surface area (TPSA) is 72.5 Å². The molecule has 0 saturated heterocycles. The number of rotatable bonds is 7. The maximum absolute atomic E-state index is 11.6. The molecule has 0 radical (unpaired) electrons. The molecule has 22 heavy (non-hydrogen) atoms. The number of pyridine rings is 1. The van der Waals surface area contributed by atoms with Crippen molar-refractivity contribution in [3.63, 3.8) is 0 Å². The van der Waals surface area contributed by atoms with E-state index in [-0.39, 0.29) is 6.03 Å². The second kappa shape index (κ2) is 8.51. The fourth-order valence-electron chi connectivity index (χ4n) is 1.77. The molecule has 1 heterocycles. The van der Waals surface area contributed by atoms with E-state index in [1.807, 2.05) is 30.3 Å². The Labute approximate surface area is 129 Å². The summed E-state index contributed by atoms with van der Waals surface area (Å²) < 4.78 is 10.6. The molecule has 0 spiro atoms. The van der Waals surface area contributed by atoms with E-state index in [0.717, 1.165) is 11.3 Å². The molecule has 6 nitrogen and oxygen atoms in total. The number of carbonyl (C=O) groups is 1. The highest BCUT2D eigenvalue weighted by Crippen LogP contribution is 2.18. The van der Waals surface area contributed by atoms with Crippen molar-refractivity contribution < 1.29 is 14.3 Å². The normalized spacial score (nSPS) is 9.86. The van der Waals surface area contributed by atoms with E-state index in [0.29, 0.717) is 25.4 Å². The third-order valence-corrected chi connectivity index (χ3v) is 2.90. The van der Waals surface area contributed by atoms with Crippen LogP contribution in [0.15, 0.2) is 48.8 Å². The maximum Gasteiger partial charge on any atom is 0.315 e. The molecule has 0 aliphatic heterocycles. The summed E-state index contributed by atoms with van der Waals surface area (Å²) in [6.45, 7) is 1.26. The Morgan fingerprint density at radius 2 is 1.91 bits per heavy atom. The minimum absolute atomic E-state index is 0.231. The van der Waals surface area contributed by atoms with Gasteiger partial charge in [-0.3, -0.25) is 4.98 Å². The molecule has 0 aliphatic carbocycles. The number of ether oxygens (including phenoxy) is 2. The molecule has 2 aromatic rings. The number of nitrogens with zero attached hydrogens (tertiary/aromatic N) is 1. The first-order valence-corrected chi connectivity index (χ1v) is 6.95. The summed E-state index contributed by atoms with van der Waals surface area (Å²) in [4.78, 5) is 15.5. The zero-order valence-corrected chi connectivity index (χ0v) is 12.4. The van der Waals surface area contributed by atoms with Crippen LogP contribution in [-0.4, -0.2) is 31.3 Å². The molecule has 1 aromatic carbocycles. The smallest absolute Gasteiger partial charge is 0.315 e. The molecule has 116 valence electrons. The Balaban J connectivity index is 1.62. The molecule has 0 unspecified atom stereocenters. The lowest BCUT2D eigenvalue weighted by Crippen LogP contribution is -2.37. The van der Waals surface area contributed by atoms with E-state index < -0.39 is 0 Å². The summed E-state index contributed by atoms with van der Waals surface area (Å²) in [5.74, 6) is 1.44. The summed E-state index contributed by atoms with van der Waals surface area (Å²) >= 11 is 0. The van der Waals surface area contributed by atoms with E-state index >= 15 is 0 Å². The van der Waals surface area contributed by atoms with Gasteiger partial charge in [0.05, 0.1) is 13.7 Å². The van der Waals surface area contributed by atoms with Gasteiger partial charge in [0.2, 0.25) is 0 Å². The van der Waals surface area contributed by atoms with Crippen molar-refractivity contribution in [1.82, 2.24) is 15.6 Å². The van der Waals surface area contributed by atoms with Crippen LogP contribution in [-0.2, 0) is 6.54 Å². The number of carbonyl (C=O) groups excluding carboxylic acids is 1. The van der Waals surface area contributed by atoms with Crippen molar-refractivity contribution in [3.8, 4) is 11.5 Å². The van der Waals surface area contributed by atoms with Gasteiger partial charge in [0.1, 0.15) is 18.1 Å². The summed E-state index contributed by atoms with van der Waals surface area (Å²) in [6.07, 6.45) is 3.38. The van der Waals surface area contributed by atoms with Gasteiger partial charge in [-0.2, -0.15) is 0 Å². The summed E-state index contributed by atoms with van der Waals surface area (Å²) in [5.41, 5.74) is 0.998. The van der Waals surface area contributed by atoms with Gasteiger partial charge in [-0.1, -0.05) is 6.07 Å². The molecule has 0 saturated carbocycles. The zero-order valence-electron chi connectivity index (χ0n) is 12.4. The highest BCUT2D eigenvalue weighted by atomic mass is 16.5. The quantitative estimate of drug-likeness (QED) is 0.767. The van der Waals surface area contributed by atoms with Crippen LogP contribution in [0.3, 0.4) is 0 Å². The minimum Gasteiger partial charge on any atom is -0.497 e. The highest BCUT2D eigenvalue weighted by molar-refractivity contribution is 5.73. The van der Waals surface area contributed by atoms with E-state index in [4.69, 9.17) is 9.47 Å². The first kappa shape index (κ1) is 15.6. The molecule has 0 aliphatic rings. The van der Waals surface area contributed by atoms with Crippen LogP contribution in [0.25, 0.3) is 0 Å². The number of aromatic nitrogens is 1. The Bertz CT molecular complexity index is 590. The van der Waals surface area contributed by atoms with Crippen LogP contribution in [0, 0.1) is 0 Å². The van der Waals surface area contributed by atoms with E-state index in [1.54, 1.807) is 25.6 Å². The zero-order chi connectivity index (χ0) is 15.6. The third-order valence-electron chi connectivity index (χ3n) is 2.90. The van der Waals surface area contributed by atoms with Crippen molar-refractivity contribution >= 4 is 6.03 Å². The summed E-state index contributed by atoms with van der Waals surface area (Å²) in [5, 5.41) is 5.49. The van der Waals surface area contributed by atoms with Gasteiger partial charge < -0.3 is 20.1 Å². The third kappa shape index (κ3) is 5.32. The van der Waals surface area contributed by atoms with Gasteiger partial charge in [0.15, 0.2) is 0 Å². The largest absolute Gasteiger partial charge is 0.497 e. The highest BCUT2D eigenvalue weighted by Gasteiger charge is 2.00. The van der Waals surface area contributed by atoms with Crippen LogP contribution in [0.4, 0.5) is 4.79 Å². The van der Waals surface area contributed by atoms with Gasteiger partial charge in [0.25, 0.3) is 0 Å². The fraction of sp³-hybridized carbons (Fsp3) is 0.250. The van der Waals surface area contributed by atoms with E-state index in [9.17, 15) is 4.79 Å².